The predicted molar refractivity (Wildman–Crippen MR) is 91.9 cm³/mol. The Morgan fingerprint density at radius 2 is 1.95 bits per heavy atom. The van der Waals surface area contributed by atoms with Crippen LogP contribution in [-0.4, -0.2) is 7.11 Å². The Morgan fingerprint density at radius 1 is 1.20 bits per heavy atom. The van der Waals surface area contributed by atoms with E-state index in [-0.39, 0.29) is 5.38 Å². The molecule has 1 unspecified atom stereocenters. The lowest BCUT2D eigenvalue weighted by Crippen LogP contribution is -2.00. The minimum absolute atomic E-state index is 0.129. The van der Waals surface area contributed by atoms with Gasteiger partial charge in [-0.15, -0.1) is 11.6 Å². The first kappa shape index (κ1) is 15.9. The molecule has 0 saturated heterocycles. The minimum atomic E-state index is -0.129. The van der Waals surface area contributed by atoms with Gasteiger partial charge in [-0.25, -0.2) is 0 Å². The average molecular weight is 419 g/mol. The number of aryl methyl sites for hydroxylation is 1. The molecule has 0 spiro atoms. The van der Waals surface area contributed by atoms with Gasteiger partial charge in [-0.3, -0.25) is 0 Å². The van der Waals surface area contributed by atoms with Crippen LogP contribution >= 0.6 is 43.5 Å². The van der Waals surface area contributed by atoms with Gasteiger partial charge in [0.05, 0.1) is 12.5 Å². The van der Waals surface area contributed by atoms with Gasteiger partial charge < -0.3 is 4.74 Å². The highest BCUT2D eigenvalue weighted by Crippen LogP contribution is 2.36. The molecule has 0 N–H and O–H groups in total. The van der Waals surface area contributed by atoms with Crippen LogP contribution in [0.3, 0.4) is 0 Å². The molecular formula is C16H15Br2ClO. The lowest BCUT2D eigenvalue weighted by atomic mass is 10.0. The van der Waals surface area contributed by atoms with Crippen molar-refractivity contribution in [3.05, 3.63) is 62.0 Å². The fourth-order valence-corrected chi connectivity index (χ4v) is 3.23. The molecule has 2 rings (SSSR count). The molecule has 0 aliphatic rings. The maximum absolute atomic E-state index is 6.59. The Kier molecular flexibility index (Phi) is 5.53. The molecule has 0 heterocycles. The van der Waals surface area contributed by atoms with E-state index in [0.29, 0.717) is 0 Å². The maximum Gasteiger partial charge on any atom is 0.123 e. The third-order valence-electron chi connectivity index (χ3n) is 3.15. The monoisotopic (exact) mass is 416 g/mol. The van der Waals surface area contributed by atoms with Crippen LogP contribution in [0.5, 0.6) is 5.75 Å². The van der Waals surface area contributed by atoms with E-state index < -0.39 is 0 Å². The van der Waals surface area contributed by atoms with Crippen molar-refractivity contribution in [3.63, 3.8) is 0 Å². The summed E-state index contributed by atoms with van der Waals surface area (Å²) in [4.78, 5) is 0. The van der Waals surface area contributed by atoms with Crippen LogP contribution in [0.15, 0.2) is 45.3 Å². The highest BCUT2D eigenvalue weighted by molar-refractivity contribution is 9.10. The van der Waals surface area contributed by atoms with Crippen molar-refractivity contribution in [1.82, 2.24) is 0 Å². The molecule has 0 aliphatic heterocycles. The van der Waals surface area contributed by atoms with Gasteiger partial charge in [0.25, 0.3) is 0 Å². The minimum Gasteiger partial charge on any atom is -0.496 e. The van der Waals surface area contributed by atoms with Gasteiger partial charge in [0.15, 0.2) is 0 Å². The highest BCUT2D eigenvalue weighted by Gasteiger charge is 2.16. The molecule has 2 aromatic rings. The van der Waals surface area contributed by atoms with Gasteiger partial charge in [0.1, 0.15) is 5.75 Å². The molecule has 0 aliphatic carbocycles. The first-order valence-electron chi connectivity index (χ1n) is 6.24. The van der Waals surface area contributed by atoms with Crippen molar-refractivity contribution in [2.75, 3.05) is 7.11 Å². The summed E-state index contributed by atoms with van der Waals surface area (Å²) in [5.74, 6) is 0.834. The molecule has 2 aromatic carbocycles. The van der Waals surface area contributed by atoms with Crippen molar-refractivity contribution in [2.45, 2.75) is 18.7 Å². The molecule has 0 amide bonds. The van der Waals surface area contributed by atoms with E-state index in [0.717, 1.165) is 32.2 Å². The lowest BCUT2D eigenvalue weighted by Gasteiger charge is -2.16. The fraction of sp³-hybridized carbons (Fsp3) is 0.250. The SMILES string of the molecule is COc1cc(C)c(Br)cc1C(Cl)Cc1cccc(Br)c1. The van der Waals surface area contributed by atoms with Crippen molar-refractivity contribution < 1.29 is 4.74 Å². The number of halogens is 3. The number of hydrogen-bond acceptors (Lipinski definition) is 1. The average Bonchev–Trinajstić information content (AvgIpc) is 2.41. The normalized spacial score (nSPS) is 12.2. The summed E-state index contributed by atoms with van der Waals surface area (Å²) in [6, 6.07) is 12.3. The van der Waals surface area contributed by atoms with Gasteiger partial charge in [-0.2, -0.15) is 0 Å². The molecule has 0 aromatic heterocycles. The van der Waals surface area contributed by atoms with Crippen molar-refractivity contribution in [1.29, 1.82) is 0 Å². The molecule has 20 heavy (non-hydrogen) atoms. The lowest BCUT2D eigenvalue weighted by molar-refractivity contribution is 0.408. The Labute approximate surface area is 141 Å². The number of ether oxygens (including phenoxy) is 1. The molecule has 0 fully saturated rings. The van der Waals surface area contributed by atoms with E-state index in [1.807, 2.05) is 31.2 Å². The van der Waals surface area contributed by atoms with Crippen LogP contribution in [-0.2, 0) is 6.42 Å². The second-order valence-corrected chi connectivity index (χ2v) is 6.94. The Bertz CT molecular complexity index is 613. The number of rotatable bonds is 4. The van der Waals surface area contributed by atoms with Crippen molar-refractivity contribution in [3.8, 4) is 5.75 Å². The smallest absolute Gasteiger partial charge is 0.123 e. The van der Waals surface area contributed by atoms with Gasteiger partial charge >= 0.3 is 0 Å². The third kappa shape index (κ3) is 3.78. The van der Waals surface area contributed by atoms with Gasteiger partial charge in [-0.05, 0) is 48.7 Å². The number of alkyl halides is 1. The first-order chi connectivity index (χ1) is 9.51. The van der Waals surface area contributed by atoms with E-state index >= 15 is 0 Å². The third-order valence-corrected chi connectivity index (χ3v) is 4.89. The predicted octanol–water partition coefficient (Wildman–Crippen LogP) is 6.05. The van der Waals surface area contributed by atoms with Crippen LogP contribution in [0.4, 0.5) is 0 Å². The van der Waals surface area contributed by atoms with E-state index in [2.05, 4.69) is 44.0 Å². The summed E-state index contributed by atoms with van der Waals surface area (Å²) in [5.41, 5.74) is 3.33. The highest BCUT2D eigenvalue weighted by atomic mass is 79.9. The quantitative estimate of drug-likeness (QED) is 0.549. The van der Waals surface area contributed by atoms with E-state index in [1.165, 1.54) is 5.56 Å². The molecule has 0 radical (unpaired) electrons. The Morgan fingerprint density at radius 3 is 2.60 bits per heavy atom. The zero-order valence-corrected chi connectivity index (χ0v) is 15.2. The summed E-state index contributed by atoms with van der Waals surface area (Å²) in [7, 11) is 1.68. The molecule has 0 bridgehead atoms. The standard InChI is InChI=1S/C16H15Br2ClO/c1-10-6-16(20-2)13(9-14(10)18)15(19)8-11-4-3-5-12(17)7-11/h3-7,9,15H,8H2,1-2H3. The van der Waals surface area contributed by atoms with Crippen LogP contribution in [0, 0.1) is 6.92 Å². The number of methoxy groups -OCH3 is 1. The largest absolute Gasteiger partial charge is 0.496 e. The zero-order valence-electron chi connectivity index (χ0n) is 11.3. The molecule has 4 heteroatoms. The van der Waals surface area contributed by atoms with Crippen LogP contribution in [0.1, 0.15) is 22.1 Å². The van der Waals surface area contributed by atoms with Crippen LogP contribution in [0.2, 0.25) is 0 Å². The number of benzene rings is 2. The zero-order chi connectivity index (χ0) is 14.7. The topological polar surface area (TPSA) is 9.23 Å². The van der Waals surface area contributed by atoms with Gasteiger partial charge in [0.2, 0.25) is 0 Å². The molecule has 1 nitrogen and oxygen atoms in total. The maximum atomic E-state index is 6.59. The molecular weight excluding hydrogens is 403 g/mol. The Balaban J connectivity index is 2.29. The van der Waals surface area contributed by atoms with Crippen molar-refractivity contribution >= 4 is 43.5 Å². The second-order valence-electron chi connectivity index (χ2n) is 4.64. The van der Waals surface area contributed by atoms with Crippen LogP contribution < -0.4 is 4.74 Å². The van der Waals surface area contributed by atoms with E-state index in [1.54, 1.807) is 7.11 Å². The van der Waals surface area contributed by atoms with Crippen LogP contribution in [0.25, 0.3) is 0 Å². The molecule has 1 atom stereocenters. The van der Waals surface area contributed by atoms with Gasteiger partial charge in [-0.1, -0.05) is 44.0 Å². The molecule has 0 saturated carbocycles. The number of hydrogen-bond donors (Lipinski definition) is 0. The Hall–Kier alpha value is -0.510. The summed E-state index contributed by atoms with van der Waals surface area (Å²) in [5, 5.41) is -0.129. The summed E-state index contributed by atoms with van der Waals surface area (Å²) in [6.07, 6.45) is 0.757. The summed E-state index contributed by atoms with van der Waals surface area (Å²) >= 11 is 13.6. The molecule has 106 valence electrons. The van der Waals surface area contributed by atoms with Gasteiger partial charge in [0, 0.05) is 14.5 Å². The fourth-order valence-electron chi connectivity index (χ4n) is 2.07. The summed E-state index contributed by atoms with van der Waals surface area (Å²) in [6.45, 7) is 2.04. The van der Waals surface area contributed by atoms with Crippen molar-refractivity contribution in [2.24, 2.45) is 0 Å². The summed E-state index contributed by atoms with van der Waals surface area (Å²) < 4.78 is 7.56. The van der Waals surface area contributed by atoms with E-state index in [4.69, 9.17) is 16.3 Å². The second kappa shape index (κ2) is 6.97. The first-order valence-corrected chi connectivity index (χ1v) is 8.26. The van der Waals surface area contributed by atoms with E-state index in [9.17, 15) is 0 Å².